The van der Waals surface area contributed by atoms with Crippen molar-refractivity contribution in [1.29, 1.82) is 0 Å². The minimum absolute atomic E-state index is 0.123. The third-order valence-corrected chi connectivity index (χ3v) is 5.27. The van der Waals surface area contributed by atoms with Crippen LogP contribution in [0.4, 0.5) is 0 Å². The van der Waals surface area contributed by atoms with Crippen molar-refractivity contribution >= 4 is 17.7 Å². The van der Waals surface area contributed by atoms with Crippen LogP contribution in [0.2, 0.25) is 5.02 Å². The van der Waals surface area contributed by atoms with Gasteiger partial charge in [-0.1, -0.05) is 30.9 Å². The highest BCUT2D eigenvalue weighted by Crippen LogP contribution is 2.50. The van der Waals surface area contributed by atoms with E-state index in [1.807, 2.05) is 6.07 Å². The van der Waals surface area contributed by atoms with Crippen molar-refractivity contribution in [2.45, 2.75) is 63.3 Å². The number of carbonyl (C=O) groups excluding carboxylic acids is 1. The van der Waals surface area contributed by atoms with Crippen molar-refractivity contribution < 1.29 is 9.90 Å². The molecule has 0 saturated heterocycles. The normalized spacial score (nSPS) is 20.4. The van der Waals surface area contributed by atoms with E-state index in [1.165, 1.54) is 17.5 Å². The lowest BCUT2D eigenvalue weighted by Crippen LogP contribution is -2.22. The molecule has 2 aliphatic carbocycles. The van der Waals surface area contributed by atoms with Gasteiger partial charge in [0.15, 0.2) is 0 Å². The summed E-state index contributed by atoms with van der Waals surface area (Å²) >= 11 is 6.25. The van der Waals surface area contributed by atoms with Crippen LogP contribution < -0.4 is 0 Å². The maximum absolute atomic E-state index is 11.0. The molecule has 1 saturated carbocycles. The summed E-state index contributed by atoms with van der Waals surface area (Å²) in [5.41, 5.74) is 2.60. The second-order valence-corrected chi connectivity index (χ2v) is 6.63. The highest BCUT2D eigenvalue weighted by molar-refractivity contribution is 6.32. The third-order valence-electron chi connectivity index (χ3n) is 4.98. The molecule has 21 heavy (non-hydrogen) atoms. The van der Waals surface area contributed by atoms with E-state index >= 15 is 0 Å². The van der Waals surface area contributed by atoms with E-state index in [-0.39, 0.29) is 5.75 Å². The fourth-order valence-electron chi connectivity index (χ4n) is 4.00. The van der Waals surface area contributed by atoms with Crippen molar-refractivity contribution in [3.05, 3.63) is 27.8 Å². The lowest BCUT2D eigenvalue weighted by Gasteiger charge is -2.28. The van der Waals surface area contributed by atoms with E-state index in [4.69, 9.17) is 11.6 Å². The van der Waals surface area contributed by atoms with Crippen molar-refractivity contribution in [3.8, 4) is 5.75 Å². The van der Waals surface area contributed by atoms with Crippen LogP contribution in [0.25, 0.3) is 0 Å². The van der Waals surface area contributed by atoms with Crippen LogP contribution in [-0.2, 0) is 23.2 Å². The summed E-state index contributed by atoms with van der Waals surface area (Å²) in [7, 11) is 0. The number of hydrogen-bond acceptors (Lipinski definition) is 3. The first-order valence-corrected chi connectivity index (χ1v) is 8.18. The second-order valence-electron chi connectivity index (χ2n) is 6.22. The molecule has 3 nitrogen and oxygen atoms in total. The highest BCUT2D eigenvalue weighted by Gasteiger charge is 2.41. The van der Waals surface area contributed by atoms with Crippen LogP contribution in [-0.4, -0.2) is 11.2 Å². The fourth-order valence-corrected chi connectivity index (χ4v) is 4.23. The lowest BCUT2D eigenvalue weighted by atomic mass is 9.81. The first-order chi connectivity index (χ1) is 10.2. The van der Waals surface area contributed by atoms with E-state index in [0.29, 0.717) is 5.02 Å². The highest BCUT2D eigenvalue weighted by atomic mass is 35.5. The van der Waals surface area contributed by atoms with Gasteiger partial charge in [-0.2, -0.15) is 4.99 Å². The minimum Gasteiger partial charge on any atom is -0.506 e. The van der Waals surface area contributed by atoms with Crippen molar-refractivity contribution in [3.63, 3.8) is 0 Å². The number of halogens is 1. The topological polar surface area (TPSA) is 49.7 Å². The molecule has 3 rings (SSSR count). The number of aryl methyl sites for hydroxylation is 1. The van der Waals surface area contributed by atoms with E-state index < -0.39 is 5.54 Å². The van der Waals surface area contributed by atoms with Gasteiger partial charge in [0, 0.05) is 5.56 Å². The Labute approximate surface area is 130 Å². The van der Waals surface area contributed by atoms with Crippen molar-refractivity contribution in [2.24, 2.45) is 4.99 Å². The van der Waals surface area contributed by atoms with Crippen molar-refractivity contribution in [1.82, 2.24) is 0 Å². The fraction of sp³-hybridized carbons (Fsp3) is 0.588. The molecule has 0 spiro atoms. The van der Waals surface area contributed by atoms with Gasteiger partial charge in [0.05, 0.1) is 5.02 Å². The molecular formula is C17H20ClNO2. The average molecular weight is 306 g/mol. The molecule has 0 heterocycles. The number of benzene rings is 1. The molecule has 1 aromatic carbocycles. The number of nitrogens with zero attached hydrogens (tertiary/aromatic N) is 1. The molecule has 1 aromatic rings. The monoisotopic (exact) mass is 305 g/mol. The number of hydrogen-bond donors (Lipinski definition) is 1. The first-order valence-electron chi connectivity index (χ1n) is 7.81. The van der Waals surface area contributed by atoms with Gasteiger partial charge in [-0.25, -0.2) is 4.79 Å². The zero-order valence-corrected chi connectivity index (χ0v) is 12.9. The zero-order valence-electron chi connectivity index (χ0n) is 12.1. The Hall–Kier alpha value is -1.31. The maximum Gasteiger partial charge on any atom is 0.235 e. The predicted molar refractivity (Wildman–Crippen MR) is 82.6 cm³/mol. The van der Waals surface area contributed by atoms with Crippen LogP contribution in [0.1, 0.15) is 61.6 Å². The number of aromatic hydroxyl groups is 1. The minimum atomic E-state index is -0.606. The number of phenols is 1. The Morgan fingerprint density at radius 3 is 2.57 bits per heavy atom. The van der Waals surface area contributed by atoms with Crippen LogP contribution in [0.5, 0.6) is 5.75 Å². The van der Waals surface area contributed by atoms with E-state index in [1.54, 1.807) is 6.08 Å². The summed E-state index contributed by atoms with van der Waals surface area (Å²) < 4.78 is 0. The molecule has 0 radical (unpaired) electrons. The largest absolute Gasteiger partial charge is 0.506 e. The third kappa shape index (κ3) is 2.49. The first kappa shape index (κ1) is 14.6. The zero-order chi connectivity index (χ0) is 14.9. The van der Waals surface area contributed by atoms with E-state index in [9.17, 15) is 9.90 Å². The molecular weight excluding hydrogens is 286 g/mol. The van der Waals surface area contributed by atoms with Gasteiger partial charge in [-0.15, -0.1) is 0 Å². The molecule has 0 atom stereocenters. The molecule has 0 aromatic heterocycles. The summed E-state index contributed by atoms with van der Waals surface area (Å²) in [6.07, 6.45) is 10.7. The van der Waals surface area contributed by atoms with Gasteiger partial charge in [0.1, 0.15) is 11.3 Å². The Bertz CT molecular complexity index is 599. The van der Waals surface area contributed by atoms with Crippen LogP contribution in [0.3, 0.4) is 0 Å². The molecule has 112 valence electrons. The molecule has 1 fully saturated rings. The summed E-state index contributed by atoms with van der Waals surface area (Å²) in [5, 5.41) is 11.0. The lowest BCUT2D eigenvalue weighted by molar-refractivity contribution is 0.404. The molecule has 0 amide bonds. The maximum atomic E-state index is 11.0. The molecule has 0 aliphatic heterocycles. The Balaban J connectivity index is 2.25. The number of fused-ring (bicyclic) bond motifs is 1. The number of phenolic OH excluding ortho intramolecular Hbond substituents is 1. The number of aliphatic imine (C=N–C) groups is 1. The van der Waals surface area contributed by atoms with Crippen LogP contribution in [0, 0.1) is 0 Å². The molecule has 1 N–H and O–H groups in total. The van der Waals surface area contributed by atoms with Gasteiger partial charge in [0.2, 0.25) is 6.08 Å². The van der Waals surface area contributed by atoms with Crippen molar-refractivity contribution in [2.75, 3.05) is 0 Å². The SMILES string of the molecule is O=C=NC1(c2c(O)c(Cl)cc3c2CCCCC3)CCCC1. The standard InChI is InChI=1S/C17H20ClNO2/c18-14-10-12-6-2-1-3-7-13(12)15(16(14)21)17(19-11-20)8-4-5-9-17/h10,21H,1-9H2. The average Bonchev–Trinajstić information content (AvgIpc) is 2.81. The quantitative estimate of drug-likeness (QED) is 0.499. The van der Waals surface area contributed by atoms with Gasteiger partial charge in [0.25, 0.3) is 0 Å². The van der Waals surface area contributed by atoms with Crippen LogP contribution >= 0.6 is 11.6 Å². The Kier molecular flexibility index (Phi) is 4.05. The molecule has 2 aliphatic rings. The summed E-state index contributed by atoms with van der Waals surface area (Å²) in [5.74, 6) is 0.123. The van der Waals surface area contributed by atoms with E-state index in [0.717, 1.165) is 56.9 Å². The van der Waals surface area contributed by atoms with Crippen LogP contribution in [0.15, 0.2) is 11.1 Å². The predicted octanol–water partition coefficient (Wildman–Crippen LogP) is 4.42. The van der Waals surface area contributed by atoms with Gasteiger partial charge in [-0.05, 0) is 55.7 Å². The number of rotatable bonds is 2. The Morgan fingerprint density at radius 2 is 1.86 bits per heavy atom. The van der Waals surface area contributed by atoms with Gasteiger partial charge >= 0.3 is 0 Å². The summed E-state index contributed by atoms with van der Waals surface area (Å²) in [4.78, 5) is 15.1. The molecule has 0 bridgehead atoms. The van der Waals surface area contributed by atoms with E-state index in [2.05, 4.69) is 4.99 Å². The number of isocyanates is 1. The molecule has 4 heteroatoms. The smallest absolute Gasteiger partial charge is 0.235 e. The van der Waals surface area contributed by atoms with Gasteiger partial charge < -0.3 is 5.11 Å². The molecule has 0 unspecified atom stereocenters. The second kappa shape index (κ2) is 5.82. The summed E-state index contributed by atoms with van der Waals surface area (Å²) in [6.45, 7) is 0. The van der Waals surface area contributed by atoms with Gasteiger partial charge in [-0.3, -0.25) is 0 Å². The summed E-state index contributed by atoms with van der Waals surface area (Å²) in [6, 6.07) is 1.90. The Morgan fingerprint density at radius 1 is 1.14 bits per heavy atom.